The maximum absolute atomic E-state index is 13.2. The van der Waals surface area contributed by atoms with Gasteiger partial charge >= 0.3 is 6.09 Å². The van der Waals surface area contributed by atoms with Gasteiger partial charge in [-0.3, -0.25) is 0 Å². The maximum Gasteiger partial charge on any atom is 0.409 e. The Hall–Kier alpha value is -0.800. The summed E-state index contributed by atoms with van der Waals surface area (Å²) in [4.78, 5) is 12.5. The Morgan fingerprint density at radius 2 is 2.14 bits per heavy atom. The molecule has 1 aliphatic heterocycles. The molecule has 1 saturated heterocycles. The van der Waals surface area contributed by atoms with Crippen molar-refractivity contribution in [3.63, 3.8) is 0 Å². The average molecular weight is 205 g/mol. The second kappa shape index (κ2) is 5.83. The van der Waals surface area contributed by atoms with Gasteiger partial charge in [-0.05, 0) is 13.8 Å². The number of hydrogen-bond donors (Lipinski definition) is 0. The Balaban J connectivity index is 0.000000791. The van der Waals surface area contributed by atoms with Crippen LogP contribution in [0.4, 0.5) is 9.18 Å². The van der Waals surface area contributed by atoms with Gasteiger partial charge < -0.3 is 9.64 Å². The number of carbonyl (C=O) groups excluding carboxylic acids is 1. The van der Waals surface area contributed by atoms with E-state index in [1.54, 1.807) is 6.92 Å². The molecule has 3 nitrogen and oxygen atoms in total. The molecule has 0 aromatic carbocycles. The first-order valence-electron chi connectivity index (χ1n) is 5.16. The van der Waals surface area contributed by atoms with Gasteiger partial charge in [-0.1, -0.05) is 13.8 Å². The van der Waals surface area contributed by atoms with Gasteiger partial charge in [0.15, 0.2) is 0 Å². The minimum absolute atomic E-state index is 0.159. The lowest BCUT2D eigenvalue weighted by Gasteiger charge is -2.16. The van der Waals surface area contributed by atoms with E-state index in [1.807, 2.05) is 13.8 Å². The number of amides is 1. The molecule has 1 fully saturated rings. The van der Waals surface area contributed by atoms with Gasteiger partial charge in [0.05, 0.1) is 13.2 Å². The highest BCUT2D eigenvalue weighted by Crippen LogP contribution is 2.24. The molecule has 1 aliphatic rings. The maximum atomic E-state index is 13.2. The molecule has 4 heteroatoms. The molecule has 1 atom stereocenters. The molecule has 1 heterocycles. The summed E-state index contributed by atoms with van der Waals surface area (Å²) in [6.45, 7) is 8.21. The fraction of sp³-hybridized carbons (Fsp3) is 0.900. The zero-order chi connectivity index (χ0) is 11.2. The predicted octanol–water partition coefficient (Wildman–Crippen LogP) is 2.60. The lowest BCUT2D eigenvalue weighted by Crippen LogP contribution is -2.32. The van der Waals surface area contributed by atoms with Crippen LogP contribution in [0.15, 0.2) is 0 Å². The summed E-state index contributed by atoms with van der Waals surface area (Å²) < 4.78 is 18.0. The van der Waals surface area contributed by atoms with E-state index in [1.165, 1.54) is 11.8 Å². The third-order valence-corrected chi connectivity index (χ3v) is 1.95. The monoisotopic (exact) mass is 205 g/mol. The van der Waals surface area contributed by atoms with Gasteiger partial charge in [0, 0.05) is 13.0 Å². The predicted molar refractivity (Wildman–Crippen MR) is 54.1 cm³/mol. The molecule has 14 heavy (non-hydrogen) atoms. The van der Waals surface area contributed by atoms with Crippen LogP contribution in [0.5, 0.6) is 0 Å². The van der Waals surface area contributed by atoms with Crippen LogP contribution in [0.3, 0.4) is 0 Å². The Bertz CT molecular complexity index is 183. The van der Waals surface area contributed by atoms with Crippen molar-refractivity contribution in [2.45, 2.75) is 39.8 Å². The largest absolute Gasteiger partial charge is 0.450 e. The minimum Gasteiger partial charge on any atom is -0.450 e. The fourth-order valence-corrected chi connectivity index (χ4v) is 1.29. The summed E-state index contributed by atoms with van der Waals surface area (Å²) in [5.41, 5.74) is -1.23. The van der Waals surface area contributed by atoms with Crippen LogP contribution < -0.4 is 0 Å². The van der Waals surface area contributed by atoms with Crippen molar-refractivity contribution in [3.05, 3.63) is 0 Å². The van der Waals surface area contributed by atoms with E-state index in [-0.39, 0.29) is 6.54 Å². The van der Waals surface area contributed by atoms with Gasteiger partial charge in [0.2, 0.25) is 0 Å². The summed E-state index contributed by atoms with van der Waals surface area (Å²) in [5.74, 6) is 0. The highest BCUT2D eigenvalue weighted by atomic mass is 19.1. The SMILES string of the molecule is CC.CCOC(=O)N1CCC(C)(F)C1. The van der Waals surface area contributed by atoms with Crippen molar-refractivity contribution >= 4 is 6.09 Å². The van der Waals surface area contributed by atoms with Crippen LogP contribution in [0.1, 0.15) is 34.1 Å². The molecule has 1 unspecified atom stereocenters. The summed E-state index contributed by atoms with van der Waals surface area (Å²) in [6.07, 6.45) is 0.00473. The third-order valence-electron chi connectivity index (χ3n) is 1.95. The van der Waals surface area contributed by atoms with Gasteiger partial charge in [-0.15, -0.1) is 0 Å². The van der Waals surface area contributed by atoms with Gasteiger partial charge in [0.1, 0.15) is 5.67 Å². The minimum atomic E-state index is -1.23. The second-order valence-corrected chi connectivity index (χ2v) is 3.28. The Kier molecular flexibility index (Phi) is 5.50. The first-order chi connectivity index (χ1) is 6.55. The van der Waals surface area contributed by atoms with Crippen LogP contribution in [0.25, 0.3) is 0 Å². The van der Waals surface area contributed by atoms with Gasteiger partial charge in [-0.25, -0.2) is 9.18 Å². The summed E-state index contributed by atoms with van der Waals surface area (Å²) in [7, 11) is 0. The number of rotatable bonds is 1. The first-order valence-corrected chi connectivity index (χ1v) is 5.16. The Morgan fingerprint density at radius 1 is 1.57 bits per heavy atom. The van der Waals surface area contributed by atoms with Crippen LogP contribution >= 0.6 is 0 Å². The molecule has 84 valence electrons. The molecule has 1 rings (SSSR count). The normalized spacial score (nSPS) is 25.4. The second-order valence-electron chi connectivity index (χ2n) is 3.28. The zero-order valence-corrected chi connectivity index (χ0v) is 9.47. The topological polar surface area (TPSA) is 29.5 Å². The van der Waals surface area contributed by atoms with E-state index in [0.717, 1.165) is 0 Å². The van der Waals surface area contributed by atoms with Crippen LogP contribution in [0, 0.1) is 0 Å². The number of nitrogens with zero attached hydrogens (tertiary/aromatic N) is 1. The standard InChI is InChI=1S/C8H14FNO2.C2H6/c1-3-12-7(11)10-5-4-8(2,9)6-10;1-2/h3-6H2,1-2H3;1-2H3. The smallest absolute Gasteiger partial charge is 0.409 e. The summed E-state index contributed by atoms with van der Waals surface area (Å²) in [5, 5.41) is 0. The van der Waals surface area contributed by atoms with E-state index in [9.17, 15) is 9.18 Å². The van der Waals surface area contributed by atoms with Crippen LogP contribution in [-0.2, 0) is 4.74 Å². The van der Waals surface area contributed by atoms with Crippen molar-refractivity contribution < 1.29 is 13.9 Å². The molecule has 1 amide bonds. The lowest BCUT2D eigenvalue weighted by molar-refractivity contribution is 0.107. The van der Waals surface area contributed by atoms with E-state index < -0.39 is 11.8 Å². The molecule has 0 aromatic heterocycles. The Morgan fingerprint density at radius 3 is 2.50 bits per heavy atom. The van der Waals surface area contributed by atoms with Crippen molar-refractivity contribution in [1.29, 1.82) is 0 Å². The quantitative estimate of drug-likeness (QED) is 0.658. The first kappa shape index (κ1) is 13.2. The molecular weight excluding hydrogens is 185 g/mol. The molecule has 0 N–H and O–H groups in total. The third kappa shape index (κ3) is 3.94. The highest BCUT2D eigenvalue weighted by molar-refractivity contribution is 5.68. The molecule has 0 bridgehead atoms. The van der Waals surface area contributed by atoms with E-state index >= 15 is 0 Å². The van der Waals surface area contributed by atoms with Crippen molar-refractivity contribution in [3.8, 4) is 0 Å². The van der Waals surface area contributed by atoms with Gasteiger partial charge in [0.25, 0.3) is 0 Å². The number of carbonyl (C=O) groups is 1. The number of hydrogen-bond acceptors (Lipinski definition) is 2. The number of alkyl halides is 1. The molecular formula is C10H20FNO2. The molecule has 0 saturated carbocycles. The number of likely N-dealkylation sites (tertiary alicyclic amines) is 1. The summed E-state index contributed by atoms with van der Waals surface area (Å²) in [6, 6.07) is 0. The number of halogens is 1. The van der Waals surface area contributed by atoms with Crippen LogP contribution in [-0.4, -0.2) is 36.4 Å². The van der Waals surface area contributed by atoms with Crippen molar-refractivity contribution in [1.82, 2.24) is 4.90 Å². The molecule has 0 radical (unpaired) electrons. The Labute approximate surface area is 85.2 Å². The molecule has 0 aliphatic carbocycles. The van der Waals surface area contributed by atoms with E-state index in [4.69, 9.17) is 4.74 Å². The number of ether oxygens (including phenoxy) is 1. The summed E-state index contributed by atoms with van der Waals surface area (Å²) >= 11 is 0. The molecule has 0 aromatic rings. The van der Waals surface area contributed by atoms with Gasteiger partial charge in [-0.2, -0.15) is 0 Å². The van der Waals surface area contributed by atoms with E-state index in [0.29, 0.717) is 19.6 Å². The zero-order valence-electron chi connectivity index (χ0n) is 9.47. The molecule has 0 spiro atoms. The fourth-order valence-electron chi connectivity index (χ4n) is 1.29. The van der Waals surface area contributed by atoms with Crippen molar-refractivity contribution in [2.24, 2.45) is 0 Å². The average Bonchev–Trinajstić information content (AvgIpc) is 2.50. The lowest BCUT2D eigenvalue weighted by atomic mass is 10.1. The van der Waals surface area contributed by atoms with E-state index in [2.05, 4.69) is 0 Å². The highest BCUT2D eigenvalue weighted by Gasteiger charge is 2.36. The van der Waals surface area contributed by atoms with Crippen LogP contribution in [0.2, 0.25) is 0 Å². The van der Waals surface area contributed by atoms with Crippen molar-refractivity contribution in [2.75, 3.05) is 19.7 Å².